The van der Waals surface area contributed by atoms with Gasteiger partial charge in [0.25, 0.3) is 0 Å². The van der Waals surface area contributed by atoms with E-state index >= 15 is 0 Å². The fourth-order valence-electron chi connectivity index (χ4n) is 2.75. The van der Waals surface area contributed by atoms with Gasteiger partial charge in [-0.05, 0) is 24.7 Å². The SMILES string of the molecule is C=CCC1(CC=C)CC2COS(=O)(=O)N2C1. The average Bonchev–Trinajstić information content (AvgIpc) is 2.67. The molecule has 0 spiro atoms. The molecule has 90 valence electrons. The molecule has 5 heteroatoms. The Morgan fingerprint density at radius 3 is 2.50 bits per heavy atom. The molecule has 0 aromatic carbocycles. The topological polar surface area (TPSA) is 46.6 Å². The molecule has 16 heavy (non-hydrogen) atoms. The van der Waals surface area contributed by atoms with Crippen molar-refractivity contribution in [2.24, 2.45) is 5.41 Å². The Hall–Kier alpha value is -0.650. The first-order chi connectivity index (χ1) is 7.53. The quantitative estimate of drug-likeness (QED) is 0.703. The third-order valence-corrected chi connectivity index (χ3v) is 4.85. The van der Waals surface area contributed by atoms with Crippen LogP contribution in [0.4, 0.5) is 0 Å². The van der Waals surface area contributed by atoms with Crippen molar-refractivity contribution in [1.29, 1.82) is 0 Å². The summed E-state index contributed by atoms with van der Waals surface area (Å²) >= 11 is 0. The van der Waals surface area contributed by atoms with Crippen LogP contribution in [0.2, 0.25) is 0 Å². The van der Waals surface area contributed by atoms with Crippen LogP contribution in [-0.4, -0.2) is 31.9 Å². The van der Waals surface area contributed by atoms with Crippen molar-refractivity contribution in [3.63, 3.8) is 0 Å². The first-order valence-electron chi connectivity index (χ1n) is 5.41. The molecule has 0 aliphatic carbocycles. The molecular formula is C11H17NO3S. The highest BCUT2D eigenvalue weighted by molar-refractivity contribution is 7.84. The summed E-state index contributed by atoms with van der Waals surface area (Å²) in [6.07, 6.45) is 6.20. The van der Waals surface area contributed by atoms with Crippen molar-refractivity contribution in [3.05, 3.63) is 25.3 Å². The number of hydrogen-bond donors (Lipinski definition) is 0. The van der Waals surface area contributed by atoms with Gasteiger partial charge in [0.05, 0.1) is 12.6 Å². The molecule has 0 N–H and O–H groups in total. The lowest BCUT2D eigenvalue weighted by molar-refractivity contribution is 0.276. The number of allylic oxidation sites excluding steroid dienone is 2. The second-order valence-corrected chi connectivity index (χ2v) is 6.19. The minimum Gasteiger partial charge on any atom is -0.256 e. The summed E-state index contributed by atoms with van der Waals surface area (Å²) in [6.45, 7) is 8.31. The van der Waals surface area contributed by atoms with E-state index in [4.69, 9.17) is 4.18 Å². The molecule has 2 aliphatic heterocycles. The van der Waals surface area contributed by atoms with Gasteiger partial charge in [-0.1, -0.05) is 12.2 Å². The summed E-state index contributed by atoms with van der Waals surface area (Å²) in [4.78, 5) is 0. The predicted molar refractivity (Wildman–Crippen MR) is 62.0 cm³/mol. The summed E-state index contributed by atoms with van der Waals surface area (Å²) in [5, 5.41) is 0. The van der Waals surface area contributed by atoms with Crippen molar-refractivity contribution in [2.45, 2.75) is 25.3 Å². The standard InChI is InChI=1S/C11H17NO3S/c1-3-5-11(6-4-2)7-10-8-15-16(13,14)12(10)9-11/h3-4,10H,1-2,5-9H2. The van der Waals surface area contributed by atoms with E-state index in [2.05, 4.69) is 13.2 Å². The second-order valence-electron chi connectivity index (χ2n) is 4.63. The van der Waals surface area contributed by atoms with Crippen LogP contribution in [0.5, 0.6) is 0 Å². The van der Waals surface area contributed by atoms with Crippen LogP contribution in [0, 0.1) is 5.41 Å². The van der Waals surface area contributed by atoms with E-state index in [0.717, 1.165) is 19.3 Å². The summed E-state index contributed by atoms with van der Waals surface area (Å²) < 4.78 is 29.5. The van der Waals surface area contributed by atoms with Gasteiger partial charge in [0, 0.05) is 6.54 Å². The molecule has 1 atom stereocenters. The maximum Gasteiger partial charge on any atom is 0.338 e. The van der Waals surface area contributed by atoms with Crippen molar-refractivity contribution in [2.75, 3.05) is 13.2 Å². The Morgan fingerprint density at radius 2 is 2.00 bits per heavy atom. The molecule has 0 aromatic heterocycles. The molecule has 1 unspecified atom stereocenters. The number of rotatable bonds is 4. The lowest BCUT2D eigenvalue weighted by Gasteiger charge is -2.26. The van der Waals surface area contributed by atoms with E-state index in [0.29, 0.717) is 13.2 Å². The monoisotopic (exact) mass is 243 g/mol. The van der Waals surface area contributed by atoms with Gasteiger partial charge in [-0.2, -0.15) is 12.7 Å². The van der Waals surface area contributed by atoms with Crippen LogP contribution in [-0.2, 0) is 14.5 Å². The highest BCUT2D eigenvalue weighted by atomic mass is 32.2. The number of fused-ring (bicyclic) bond motifs is 1. The Balaban J connectivity index is 2.22. The lowest BCUT2D eigenvalue weighted by atomic mass is 9.79. The first kappa shape index (κ1) is 11.8. The Labute approximate surface area is 96.8 Å². The maximum atomic E-state index is 11.6. The summed E-state index contributed by atoms with van der Waals surface area (Å²) in [6, 6.07) is 0.00454. The molecule has 2 heterocycles. The summed E-state index contributed by atoms with van der Waals surface area (Å²) in [7, 11) is -3.47. The number of nitrogens with zero attached hydrogens (tertiary/aromatic N) is 1. The molecule has 2 rings (SSSR count). The Kier molecular flexibility index (Phi) is 2.94. The van der Waals surface area contributed by atoms with E-state index in [1.54, 1.807) is 0 Å². The Bertz CT molecular complexity index is 391. The van der Waals surface area contributed by atoms with Gasteiger partial charge in [0.2, 0.25) is 0 Å². The molecule has 4 nitrogen and oxygen atoms in total. The molecule has 2 aliphatic rings. The molecule has 2 saturated heterocycles. The van der Waals surface area contributed by atoms with Gasteiger partial charge >= 0.3 is 10.3 Å². The largest absolute Gasteiger partial charge is 0.338 e. The molecule has 0 bridgehead atoms. The van der Waals surface area contributed by atoms with Gasteiger partial charge in [-0.3, -0.25) is 4.18 Å². The maximum absolute atomic E-state index is 11.6. The summed E-state index contributed by atoms with van der Waals surface area (Å²) in [5.41, 5.74) is -0.0228. The first-order valence-corrected chi connectivity index (χ1v) is 6.77. The van der Waals surface area contributed by atoms with E-state index in [9.17, 15) is 8.42 Å². The van der Waals surface area contributed by atoms with E-state index < -0.39 is 10.3 Å². The van der Waals surface area contributed by atoms with E-state index in [1.807, 2.05) is 12.2 Å². The summed E-state index contributed by atoms with van der Waals surface area (Å²) in [5.74, 6) is 0. The number of hydrogen-bond acceptors (Lipinski definition) is 3. The molecule has 0 amide bonds. The lowest BCUT2D eigenvalue weighted by Crippen LogP contribution is -2.30. The fourth-order valence-corrected chi connectivity index (χ4v) is 4.15. The normalized spacial score (nSPS) is 31.1. The third-order valence-electron chi connectivity index (χ3n) is 3.42. The minimum absolute atomic E-state index is 0.00454. The van der Waals surface area contributed by atoms with E-state index in [1.165, 1.54) is 4.31 Å². The van der Waals surface area contributed by atoms with Crippen molar-refractivity contribution < 1.29 is 12.6 Å². The molecule has 0 saturated carbocycles. The molecular weight excluding hydrogens is 226 g/mol. The van der Waals surface area contributed by atoms with Crippen LogP contribution < -0.4 is 0 Å². The Morgan fingerprint density at radius 1 is 1.38 bits per heavy atom. The minimum atomic E-state index is -3.47. The molecule has 2 fully saturated rings. The van der Waals surface area contributed by atoms with Crippen LogP contribution in [0.1, 0.15) is 19.3 Å². The predicted octanol–water partition coefficient (Wildman–Crippen LogP) is 1.47. The van der Waals surface area contributed by atoms with Gasteiger partial charge in [0.1, 0.15) is 0 Å². The van der Waals surface area contributed by atoms with Crippen molar-refractivity contribution in [3.8, 4) is 0 Å². The van der Waals surface area contributed by atoms with Gasteiger partial charge in [0.15, 0.2) is 0 Å². The highest BCUT2D eigenvalue weighted by Crippen LogP contribution is 2.45. The van der Waals surface area contributed by atoms with Crippen molar-refractivity contribution in [1.82, 2.24) is 4.31 Å². The van der Waals surface area contributed by atoms with Crippen LogP contribution in [0.3, 0.4) is 0 Å². The second kappa shape index (κ2) is 3.98. The van der Waals surface area contributed by atoms with Gasteiger partial charge in [-0.15, -0.1) is 13.2 Å². The average molecular weight is 243 g/mol. The molecule has 0 radical (unpaired) electrons. The van der Waals surface area contributed by atoms with Gasteiger partial charge in [-0.25, -0.2) is 0 Å². The zero-order chi connectivity index (χ0) is 11.8. The van der Waals surface area contributed by atoms with Crippen LogP contribution >= 0.6 is 0 Å². The third kappa shape index (κ3) is 1.83. The van der Waals surface area contributed by atoms with Crippen LogP contribution in [0.25, 0.3) is 0 Å². The van der Waals surface area contributed by atoms with Crippen LogP contribution in [0.15, 0.2) is 25.3 Å². The van der Waals surface area contributed by atoms with Crippen molar-refractivity contribution >= 4 is 10.3 Å². The highest BCUT2D eigenvalue weighted by Gasteiger charge is 2.51. The van der Waals surface area contributed by atoms with E-state index in [-0.39, 0.29) is 11.5 Å². The molecule has 0 aromatic rings. The zero-order valence-corrected chi connectivity index (χ0v) is 10.1. The van der Waals surface area contributed by atoms with Gasteiger partial charge < -0.3 is 0 Å². The zero-order valence-electron chi connectivity index (χ0n) is 9.26. The smallest absolute Gasteiger partial charge is 0.256 e. The fraction of sp³-hybridized carbons (Fsp3) is 0.636.